The number of rotatable bonds is 4. The molecule has 0 unspecified atom stereocenters. The molecule has 0 aliphatic rings. The van der Waals surface area contributed by atoms with Gasteiger partial charge in [0.1, 0.15) is 0 Å². The van der Waals surface area contributed by atoms with E-state index in [1.165, 1.54) is 5.69 Å². The largest absolute Gasteiger partial charge is 0.397 e. The first-order chi connectivity index (χ1) is 8.69. The van der Waals surface area contributed by atoms with Gasteiger partial charge in [-0.15, -0.1) is 0 Å². The number of hydrogen-bond acceptors (Lipinski definition) is 3. The number of nitrogens with zero attached hydrogens (tertiary/aromatic N) is 2. The number of pyridine rings is 1. The predicted molar refractivity (Wildman–Crippen MR) is 78.9 cm³/mol. The van der Waals surface area contributed by atoms with Crippen molar-refractivity contribution in [1.29, 1.82) is 0 Å². The van der Waals surface area contributed by atoms with E-state index in [4.69, 9.17) is 5.73 Å². The third-order valence-electron chi connectivity index (χ3n) is 3.65. The second kappa shape index (κ2) is 5.25. The summed E-state index contributed by atoms with van der Waals surface area (Å²) in [5.74, 6) is 0. The minimum absolute atomic E-state index is 0.553. The van der Waals surface area contributed by atoms with Crippen molar-refractivity contribution in [3.63, 3.8) is 0 Å². The standard InChI is InChI=1S/C15H21N3/c1-4-11(5-2)18(3)14-9-10-17-15-12(14)7-6-8-13(15)16/h6-11H,4-5,16H2,1-3H3. The molecule has 3 heteroatoms. The van der Waals surface area contributed by atoms with Gasteiger partial charge < -0.3 is 10.6 Å². The van der Waals surface area contributed by atoms with Crippen molar-refractivity contribution in [2.24, 2.45) is 0 Å². The minimum atomic E-state index is 0.553. The summed E-state index contributed by atoms with van der Waals surface area (Å²) in [6, 6.07) is 8.60. The van der Waals surface area contributed by atoms with Crippen molar-refractivity contribution in [3.05, 3.63) is 30.5 Å². The van der Waals surface area contributed by atoms with Crippen LogP contribution in [0.15, 0.2) is 30.5 Å². The Hall–Kier alpha value is -1.77. The van der Waals surface area contributed by atoms with Crippen LogP contribution in [0.2, 0.25) is 0 Å². The molecule has 0 fully saturated rings. The molecule has 2 aromatic rings. The Morgan fingerprint density at radius 2 is 1.94 bits per heavy atom. The average molecular weight is 243 g/mol. The van der Waals surface area contributed by atoms with Crippen molar-refractivity contribution >= 4 is 22.3 Å². The zero-order valence-corrected chi connectivity index (χ0v) is 11.4. The molecule has 1 heterocycles. The van der Waals surface area contributed by atoms with Crippen LogP contribution < -0.4 is 10.6 Å². The van der Waals surface area contributed by atoms with Crippen LogP contribution in [0.3, 0.4) is 0 Å². The van der Waals surface area contributed by atoms with Gasteiger partial charge in [-0.1, -0.05) is 26.0 Å². The van der Waals surface area contributed by atoms with Gasteiger partial charge in [-0.25, -0.2) is 0 Å². The lowest BCUT2D eigenvalue weighted by Crippen LogP contribution is -2.30. The smallest absolute Gasteiger partial charge is 0.0951 e. The fourth-order valence-electron chi connectivity index (χ4n) is 2.52. The Balaban J connectivity index is 2.54. The molecule has 1 aromatic carbocycles. The first-order valence-electron chi connectivity index (χ1n) is 6.55. The van der Waals surface area contributed by atoms with Gasteiger partial charge in [0, 0.05) is 30.4 Å². The van der Waals surface area contributed by atoms with E-state index in [0.717, 1.165) is 29.4 Å². The molecule has 0 spiro atoms. The summed E-state index contributed by atoms with van der Waals surface area (Å²) in [7, 11) is 2.15. The van der Waals surface area contributed by atoms with Gasteiger partial charge in [-0.3, -0.25) is 4.98 Å². The Bertz CT molecular complexity index is 532. The van der Waals surface area contributed by atoms with Crippen LogP contribution in [0.25, 0.3) is 10.9 Å². The van der Waals surface area contributed by atoms with Gasteiger partial charge in [-0.2, -0.15) is 0 Å². The van der Waals surface area contributed by atoms with Crippen molar-refractivity contribution in [3.8, 4) is 0 Å². The fourth-order valence-corrected chi connectivity index (χ4v) is 2.52. The van der Waals surface area contributed by atoms with E-state index in [2.05, 4.69) is 42.9 Å². The Kier molecular flexibility index (Phi) is 3.70. The van der Waals surface area contributed by atoms with Crippen LogP contribution >= 0.6 is 0 Å². The molecule has 3 nitrogen and oxygen atoms in total. The van der Waals surface area contributed by atoms with Crippen molar-refractivity contribution in [2.45, 2.75) is 32.7 Å². The highest BCUT2D eigenvalue weighted by atomic mass is 15.1. The van der Waals surface area contributed by atoms with E-state index in [0.29, 0.717) is 6.04 Å². The third kappa shape index (κ3) is 2.13. The van der Waals surface area contributed by atoms with E-state index < -0.39 is 0 Å². The highest BCUT2D eigenvalue weighted by Gasteiger charge is 2.14. The Morgan fingerprint density at radius 1 is 1.22 bits per heavy atom. The second-order valence-corrected chi connectivity index (χ2v) is 4.65. The normalized spacial score (nSPS) is 11.1. The van der Waals surface area contributed by atoms with Crippen LogP contribution in [-0.4, -0.2) is 18.1 Å². The topological polar surface area (TPSA) is 42.2 Å². The summed E-state index contributed by atoms with van der Waals surface area (Å²) in [6.07, 6.45) is 4.12. The van der Waals surface area contributed by atoms with Crippen molar-refractivity contribution in [2.75, 3.05) is 17.7 Å². The number of nitrogens with two attached hydrogens (primary N) is 1. The highest BCUT2D eigenvalue weighted by molar-refractivity contribution is 5.98. The zero-order chi connectivity index (χ0) is 13.1. The first-order valence-corrected chi connectivity index (χ1v) is 6.55. The van der Waals surface area contributed by atoms with Gasteiger partial charge in [0.05, 0.1) is 11.2 Å². The molecule has 2 rings (SSSR count). The predicted octanol–water partition coefficient (Wildman–Crippen LogP) is 3.44. The Morgan fingerprint density at radius 3 is 2.61 bits per heavy atom. The molecule has 2 N–H and O–H groups in total. The number of benzene rings is 1. The molecule has 0 saturated carbocycles. The van der Waals surface area contributed by atoms with Crippen LogP contribution in [0, 0.1) is 0 Å². The number of hydrogen-bond donors (Lipinski definition) is 1. The molecule has 0 aliphatic carbocycles. The number of anilines is 2. The van der Waals surface area contributed by atoms with Crippen LogP contribution in [0.1, 0.15) is 26.7 Å². The van der Waals surface area contributed by atoms with Gasteiger partial charge in [0.2, 0.25) is 0 Å². The number of fused-ring (bicyclic) bond motifs is 1. The van der Waals surface area contributed by atoms with E-state index in [9.17, 15) is 0 Å². The fraction of sp³-hybridized carbons (Fsp3) is 0.400. The highest BCUT2D eigenvalue weighted by Crippen LogP contribution is 2.29. The summed E-state index contributed by atoms with van der Waals surface area (Å²) in [5, 5.41) is 1.13. The zero-order valence-electron chi connectivity index (χ0n) is 11.4. The summed E-state index contributed by atoms with van der Waals surface area (Å²) < 4.78 is 0. The molecule has 0 bridgehead atoms. The number of nitrogen functional groups attached to an aromatic ring is 1. The first kappa shape index (κ1) is 12.7. The maximum atomic E-state index is 5.99. The van der Waals surface area contributed by atoms with E-state index >= 15 is 0 Å². The van der Waals surface area contributed by atoms with Crippen molar-refractivity contribution in [1.82, 2.24) is 4.98 Å². The molecule has 0 aliphatic heterocycles. The van der Waals surface area contributed by atoms with Gasteiger partial charge in [0.15, 0.2) is 0 Å². The molecule has 0 saturated heterocycles. The lowest BCUT2D eigenvalue weighted by atomic mass is 10.1. The summed E-state index contributed by atoms with van der Waals surface area (Å²) in [6.45, 7) is 4.45. The molecule has 18 heavy (non-hydrogen) atoms. The SMILES string of the molecule is CCC(CC)N(C)c1ccnc2c(N)cccc12. The molecule has 96 valence electrons. The second-order valence-electron chi connectivity index (χ2n) is 4.65. The number of para-hydroxylation sites is 1. The maximum absolute atomic E-state index is 5.99. The molecule has 0 amide bonds. The molecular formula is C15H21N3. The van der Waals surface area contributed by atoms with Gasteiger partial charge >= 0.3 is 0 Å². The van der Waals surface area contributed by atoms with E-state index in [-0.39, 0.29) is 0 Å². The maximum Gasteiger partial charge on any atom is 0.0951 e. The third-order valence-corrected chi connectivity index (χ3v) is 3.65. The van der Waals surface area contributed by atoms with Gasteiger partial charge in [0.25, 0.3) is 0 Å². The molecule has 0 atom stereocenters. The quantitative estimate of drug-likeness (QED) is 0.836. The monoisotopic (exact) mass is 243 g/mol. The summed E-state index contributed by atoms with van der Waals surface area (Å²) >= 11 is 0. The summed E-state index contributed by atoms with van der Waals surface area (Å²) in [4.78, 5) is 6.72. The van der Waals surface area contributed by atoms with Crippen LogP contribution in [0.4, 0.5) is 11.4 Å². The molecular weight excluding hydrogens is 222 g/mol. The van der Waals surface area contributed by atoms with Gasteiger partial charge in [-0.05, 0) is 25.0 Å². The van der Waals surface area contributed by atoms with Crippen LogP contribution in [-0.2, 0) is 0 Å². The van der Waals surface area contributed by atoms with Crippen molar-refractivity contribution < 1.29 is 0 Å². The van der Waals surface area contributed by atoms with Crippen LogP contribution in [0.5, 0.6) is 0 Å². The Labute approximate surface area is 109 Å². The number of aromatic nitrogens is 1. The van der Waals surface area contributed by atoms with E-state index in [1.54, 1.807) is 0 Å². The lowest BCUT2D eigenvalue weighted by molar-refractivity contribution is 0.593. The average Bonchev–Trinajstić information content (AvgIpc) is 2.40. The minimum Gasteiger partial charge on any atom is -0.397 e. The summed E-state index contributed by atoms with van der Waals surface area (Å²) in [5.41, 5.74) is 8.83. The van der Waals surface area contributed by atoms with E-state index in [1.807, 2.05) is 18.3 Å². The molecule has 1 aromatic heterocycles. The lowest BCUT2D eigenvalue weighted by Gasteiger charge is -2.29. The molecule has 0 radical (unpaired) electrons.